The van der Waals surface area contributed by atoms with Crippen molar-refractivity contribution in [3.8, 4) is 0 Å². The maximum Gasteiger partial charge on any atom is 0.315 e. The first-order valence-electron chi connectivity index (χ1n) is 5.49. The van der Waals surface area contributed by atoms with Gasteiger partial charge in [0.25, 0.3) is 0 Å². The third-order valence-corrected chi connectivity index (χ3v) is 3.02. The number of nitrogen functional groups attached to an aromatic ring is 1. The molecule has 0 atom stereocenters. The van der Waals surface area contributed by atoms with Gasteiger partial charge in [0.05, 0.1) is 12.2 Å². The number of nitrogens with one attached hydrogen (secondary N) is 2. The molecular formula is C12H14N4OS. The number of urea groups is 1. The van der Waals surface area contributed by atoms with Crippen LogP contribution in [-0.2, 0) is 13.1 Å². The number of rotatable bonds is 4. The van der Waals surface area contributed by atoms with E-state index in [-0.39, 0.29) is 6.03 Å². The number of benzene rings is 1. The number of hydrogen-bond acceptors (Lipinski definition) is 4. The van der Waals surface area contributed by atoms with E-state index in [0.29, 0.717) is 18.2 Å². The molecule has 0 aliphatic carbocycles. The molecule has 2 rings (SSSR count). The number of aromatic nitrogens is 1. The number of nitrogens with zero attached hydrogens (tertiary/aromatic N) is 1. The van der Waals surface area contributed by atoms with Gasteiger partial charge < -0.3 is 16.4 Å². The molecule has 4 N–H and O–H groups in total. The molecule has 0 saturated carbocycles. The monoisotopic (exact) mass is 262 g/mol. The highest BCUT2D eigenvalue weighted by atomic mass is 32.1. The van der Waals surface area contributed by atoms with Gasteiger partial charge in [-0.25, -0.2) is 9.78 Å². The van der Waals surface area contributed by atoms with Crippen LogP contribution in [0.4, 0.5) is 9.93 Å². The molecule has 6 heteroatoms. The molecule has 2 aromatic rings. The zero-order valence-corrected chi connectivity index (χ0v) is 10.5. The van der Waals surface area contributed by atoms with Crippen molar-refractivity contribution in [1.82, 2.24) is 15.6 Å². The minimum atomic E-state index is -0.217. The lowest BCUT2D eigenvalue weighted by Crippen LogP contribution is -2.34. The smallest absolute Gasteiger partial charge is 0.315 e. The highest BCUT2D eigenvalue weighted by molar-refractivity contribution is 7.13. The minimum absolute atomic E-state index is 0.217. The van der Waals surface area contributed by atoms with E-state index in [2.05, 4.69) is 15.6 Å². The summed E-state index contributed by atoms with van der Waals surface area (Å²) in [5.74, 6) is 0. The molecule has 1 aromatic carbocycles. The Labute approximate surface area is 109 Å². The molecule has 0 aliphatic heterocycles. The summed E-state index contributed by atoms with van der Waals surface area (Å²) in [5.41, 5.74) is 7.33. The van der Waals surface area contributed by atoms with Crippen molar-refractivity contribution in [2.24, 2.45) is 0 Å². The van der Waals surface area contributed by atoms with Crippen molar-refractivity contribution in [3.63, 3.8) is 0 Å². The molecule has 5 nitrogen and oxygen atoms in total. The first kappa shape index (κ1) is 12.4. The highest BCUT2D eigenvalue weighted by Crippen LogP contribution is 2.10. The molecule has 2 amide bonds. The second-order valence-electron chi connectivity index (χ2n) is 3.70. The van der Waals surface area contributed by atoms with Crippen molar-refractivity contribution < 1.29 is 4.79 Å². The Morgan fingerprint density at radius 3 is 2.61 bits per heavy atom. The summed E-state index contributed by atoms with van der Waals surface area (Å²) in [4.78, 5) is 15.6. The van der Waals surface area contributed by atoms with Crippen LogP contribution in [0.5, 0.6) is 0 Å². The van der Waals surface area contributed by atoms with Gasteiger partial charge in [0.2, 0.25) is 0 Å². The lowest BCUT2D eigenvalue weighted by Gasteiger charge is -2.06. The van der Waals surface area contributed by atoms with E-state index in [1.807, 2.05) is 35.7 Å². The topological polar surface area (TPSA) is 80.0 Å². The van der Waals surface area contributed by atoms with Crippen LogP contribution < -0.4 is 16.4 Å². The van der Waals surface area contributed by atoms with Crippen LogP contribution in [0.1, 0.15) is 11.3 Å². The molecule has 18 heavy (non-hydrogen) atoms. The number of carbonyl (C=O) groups is 1. The van der Waals surface area contributed by atoms with Gasteiger partial charge in [0.15, 0.2) is 5.13 Å². The van der Waals surface area contributed by atoms with Gasteiger partial charge in [-0.05, 0) is 5.56 Å². The summed E-state index contributed by atoms with van der Waals surface area (Å²) >= 11 is 1.36. The molecule has 1 aromatic heterocycles. The van der Waals surface area contributed by atoms with E-state index in [1.165, 1.54) is 11.3 Å². The van der Waals surface area contributed by atoms with E-state index in [1.54, 1.807) is 0 Å². The number of carbonyl (C=O) groups excluding carboxylic acids is 1. The first-order chi connectivity index (χ1) is 8.74. The van der Waals surface area contributed by atoms with E-state index >= 15 is 0 Å². The first-order valence-corrected chi connectivity index (χ1v) is 6.37. The highest BCUT2D eigenvalue weighted by Gasteiger charge is 2.02. The SMILES string of the molecule is Nc1nc(CNC(=O)NCc2ccccc2)cs1. The van der Waals surface area contributed by atoms with Crippen molar-refractivity contribution in [2.45, 2.75) is 13.1 Å². The predicted molar refractivity (Wildman–Crippen MR) is 72.0 cm³/mol. The van der Waals surface area contributed by atoms with Gasteiger partial charge in [0.1, 0.15) is 0 Å². The number of amides is 2. The number of hydrogen-bond donors (Lipinski definition) is 3. The van der Waals surface area contributed by atoms with Gasteiger partial charge in [-0.1, -0.05) is 30.3 Å². The van der Waals surface area contributed by atoms with Crippen LogP contribution in [0.15, 0.2) is 35.7 Å². The Morgan fingerprint density at radius 1 is 1.22 bits per heavy atom. The Kier molecular flexibility index (Phi) is 4.14. The summed E-state index contributed by atoms with van der Waals surface area (Å²) in [6.07, 6.45) is 0. The Hall–Kier alpha value is -2.08. The van der Waals surface area contributed by atoms with Gasteiger partial charge in [-0.3, -0.25) is 0 Å². The van der Waals surface area contributed by atoms with E-state index in [0.717, 1.165) is 11.3 Å². The predicted octanol–water partition coefficient (Wildman–Crippen LogP) is 1.72. The van der Waals surface area contributed by atoms with Crippen LogP contribution in [0, 0.1) is 0 Å². The molecule has 0 radical (unpaired) electrons. The molecule has 0 saturated heterocycles. The molecule has 0 spiro atoms. The quantitative estimate of drug-likeness (QED) is 0.785. The zero-order chi connectivity index (χ0) is 12.8. The van der Waals surface area contributed by atoms with Crippen LogP contribution in [0.3, 0.4) is 0 Å². The third kappa shape index (κ3) is 3.74. The molecule has 1 heterocycles. The minimum Gasteiger partial charge on any atom is -0.375 e. The largest absolute Gasteiger partial charge is 0.375 e. The summed E-state index contributed by atoms with van der Waals surface area (Å²) < 4.78 is 0. The van der Waals surface area contributed by atoms with E-state index in [4.69, 9.17) is 5.73 Å². The van der Waals surface area contributed by atoms with Crippen molar-refractivity contribution in [3.05, 3.63) is 47.0 Å². The van der Waals surface area contributed by atoms with E-state index < -0.39 is 0 Å². The Bertz CT molecular complexity index is 512. The van der Waals surface area contributed by atoms with Crippen molar-refractivity contribution in [1.29, 1.82) is 0 Å². The molecule has 94 valence electrons. The lowest BCUT2D eigenvalue weighted by atomic mass is 10.2. The third-order valence-electron chi connectivity index (χ3n) is 2.30. The molecule has 0 aliphatic rings. The fourth-order valence-corrected chi connectivity index (χ4v) is 1.98. The maximum absolute atomic E-state index is 11.5. The van der Waals surface area contributed by atoms with Crippen molar-refractivity contribution >= 4 is 22.5 Å². The average Bonchev–Trinajstić information content (AvgIpc) is 2.81. The summed E-state index contributed by atoms with van der Waals surface area (Å²) in [7, 11) is 0. The summed E-state index contributed by atoms with van der Waals surface area (Å²) in [6, 6.07) is 9.52. The number of anilines is 1. The second-order valence-corrected chi connectivity index (χ2v) is 4.59. The second kappa shape index (κ2) is 6.02. The zero-order valence-electron chi connectivity index (χ0n) is 9.72. The molecule has 0 bridgehead atoms. The molecule has 0 unspecified atom stereocenters. The van der Waals surface area contributed by atoms with Crippen LogP contribution >= 0.6 is 11.3 Å². The maximum atomic E-state index is 11.5. The Balaban J connectivity index is 1.73. The van der Waals surface area contributed by atoms with Crippen LogP contribution in [0.2, 0.25) is 0 Å². The molecular weight excluding hydrogens is 248 g/mol. The average molecular weight is 262 g/mol. The van der Waals surface area contributed by atoms with Gasteiger partial charge >= 0.3 is 6.03 Å². The molecule has 0 fully saturated rings. The Morgan fingerprint density at radius 2 is 1.94 bits per heavy atom. The fraction of sp³-hybridized carbons (Fsp3) is 0.167. The lowest BCUT2D eigenvalue weighted by molar-refractivity contribution is 0.240. The van der Waals surface area contributed by atoms with Crippen LogP contribution in [0.25, 0.3) is 0 Å². The van der Waals surface area contributed by atoms with Gasteiger partial charge in [-0.15, -0.1) is 11.3 Å². The van der Waals surface area contributed by atoms with Crippen LogP contribution in [-0.4, -0.2) is 11.0 Å². The summed E-state index contributed by atoms with van der Waals surface area (Å²) in [5, 5.41) is 7.83. The van der Waals surface area contributed by atoms with Crippen molar-refractivity contribution in [2.75, 3.05) is 5.73 Å². The number of thiazole rings is 1. The normalized spacial score (nSPS) is 10.0. The summed E-state index contributed by atoms with van der Waals surface area (Å²) in [6.45, 7) is 0.889. The standard InChI is InChI=1S/C12H14N4OS/c13-11-16-10(8-18-11)7-15-12(17)14-6-9-4-2-1-3-5-9/h1-5,8H,6-7H2,(H2,13,16)(H2,14,15,17). The van der Waals surface area contributed by atoms with Gasteiger partial charge in [0, 0.05) is 11.9 Å². The van der Waals surface area contributed by atoms with Gasteiger partial charge in [-0.2, -0.15) is 0 Å². The number of nitrogens with two attached hydrogens (primary N) is 1. The van der Waals surface area contributed by atoms with E-state index in [9.17, 15) is 4.79 Å². The fourth-order valence-electron chi connectivity index (χ4n) is 1.42.